The quantitative estimate of drug-likeness (QED) is 0.723. The summed E-state index contributed by atoms with van der Waals surface area (Å²) in [6, 6.07) is 7.31. The van der Waals surface area contributed by atoms with Gasteiger partial charge < -0.3 is 15.5 Å². The molecule has 3 rings (SSSR count). The molecule has 5 nitrogen and oxygen atoms in total. The summed E-state index contributed by atoms with van der Waals surface area (Å²) in [6.07, 6.45) is 3.52. The van der Waals surface area contributed by atoms with Crippen molar-refractivity contribution in [3.05, 3.63) is 47.4 Å². The van der Waals surface area contributed by atoms with E-state index in [-0.39, 0.29) is 0 Å². The molecule has 2 aromatic heterocycles. The lowest BCUT2D eigenvalue weighted by Crippen LogP contribution is -1.94. The van der Waals surface area contributed by atoms with Crippen LogP contribution in [0.1, 0.15) is 5.69 Å². The van der Waals surface area contributed by atoms with Crippen molar-refractivity contribution in [1.29, 1.82) is 0 Å². The number of methoxy groups -OCH3 is 1. The highest BCUT2D eigenvalue weighted by Crippen LogP contribution is 2.36. The third-order valence-electron chi connectivity index (χ3n) is 3.41. The Bertz CT molecular complexity index is 815. The highest BCUT2D eigenvalue weighted by atomic mass is 35.5. The average molecular weight is 315 g/mol. The molecular weight excluding hydrogens is 300 g/mol. The number of aryl methyl sites for hydroxylation is 1. The van der Waals surface area contributed by atoms with Crippen LogP contribution in [0.15, 0.2) is 36.7 Å². The summed E-state index contributed by atoms with van der Waals surface area (Å²) < 4.78 is 5.38. The molecule has 0 aliphatic heterocycles. The van der Waals surface area contributed by atoms with Crippen LogP contribution in [0, 0.1) is 6.92 Å². The van der Waals surface area contributed by atoms with Gasteiger partial charge in [0.1, 0.15) is 11.6 Å². The number of nitrogen functional groups attached to an aromatic ring is 1. The molecule has 0 saturated heterocycles. The molecule has 3 N–H and O–H groups in total. The second kappa shape index (κ2) is 5.69. The first-order valence-corrected chi connectivity index (χ1v) is 7.08. The number of hydrogen-bond donors (Lipinski definition) is 2. The Hall–Kier alpha value is -2.53. The van der Waals surface area contributed by atoms with Gasteiger partial charge in [-0.2, -0.15) is 0 Å². The van der Waals surface area contributed by atoms with E-state index in [1.54, 1.807) is 31.6 Å². The number of imidazole rings is 1. The second-order valence-electron chi connectivity index (χ2n) is 4.86. The van der Waals surface area contributed by atoms with Crippen LogP contribution in [0.5, 0.6) is 5.75 Å². The number of anilines is 1. The van der Waals surface area contributed by atoms with Crippen molar-refractivity contribution >= 4 is 17.3 Å². The Morgan fingerprint density at radius 2 is 2.14 bits per heavy atom. The normalized spacial score (nSPS) is 10.7. The van der Waals surface area contributed by atoms with Gasteiger partial charge in [-0.1, -0.05) is 11.6 Å². The summed E-state index contributed by atoms with van der Waals surface area (Å²) in [6.45, 7) is 1.94. The van der Waals surface area contributed by atoms with Crippen LogP contribution in [0.4, 0.5) is 5.69 Å². The van der Waals surface area contributed by atoms with Crippen LogP contribution in [0.2, 0.25) is 5.02 Å². The summed E-state index contributed by atoms with van der Waals surface area (Å²) in [5, 5.41) is 0.455. The Morgan fingerprint density at radius 1 is 1.32 bits per heavy atom. The summed E-state index contributed by atoms with van der Waals surface area (Å²) in [5.74, 6) is 1.29. The number of H-pyrrole nitrogens is 1. The van der Waals surface area contributed by atoms with Crippen LogP contribution < -0.4 is 10.5 Å². The lowest BCUT2D eigenvalue weighted by molar-refractivity contribution is 0.416. The highest BCUT2D eigenvalue weighted by Gasteiger charge is 2.15. The molecule has 0 atom stereocenters. The maximum absolute atomic E-state index is 6.04. The van der Waals surface area contributed by atoms with Crippen LogP contribution in [0.3, 0.4) is 0 Å². The van der Waals surface area contributed by atoms with Crippen molar-refractivity contribution in [2.45, 2.75) is 6.92 Å². The number of halogens is 1. The van der Waals surface area contributed by atoms with Crippen molar-refractivity contribution in [1.82, 2.24) is 15.0 Å². The third kappa shape index (κ3) is 2.51. The van der Waals surface area contributed by atoms with E-state index in [2.05, 4.69) is 15.0 Å². The maximum atomic E-state index is 6.04. The van der Waals surface area contributed by atoms with E-state index in [4.69, 9.17) is 22.1 Å². The highest BCUT2D eigenvalue weighted by molar-refractivity contribution is 6.33. The molecule has 0 aliphatic rings. The topological polar surface area (TPSA) is 76.8 Å². The predicted octanol–water partition coefficient (Wildman–Crippen LogP) is 3.69. The number of pyridine rings is 1. The van der Waals surface area contributed by atoms with Gasteiger partial charge in [-0.3, -0.25) is 4.98 Å². The van der Waals surface area contributed by atoms with E-state index >= 15 is 0 Å². The minimum absolute atomic E-state index is 0.455. The molecule has 0 fully saturated rings. The molecular formula is C16H15ClN4O. The van der Waals surface area contributed by atoms with E-state index in [9.17, 15) is 0 Å². The van der Waals surface area contributed by atoms with E-state index < -0.39 is 0 Å². The lowest BCUT2D eigenvalue weighted by Gasteiger charge is -2.08. The summed E-state index contributed by atoms with van der Waals surface area (Å²) in [4.78, 5) is 12.0. The zero-order valence-corrected chi connectivity index (χ0v) is 13.0. The van der Waals surface area contributed by atoms with E-state index in [1.165, 1.54) is 0 Å². The zero-order valence-electron chi connectivity index (χ0n) is 12.2. The van der Waals surface area contributed by atoms with E-state index in [1.807, 2.05) is 19.1 Å². The summed E-state index contributed by atoms with van der Waals surface area (Å²) in [7, 11) is 1.59. The fraction of sp³-hybridized carbons (Fsp3) is 0.125. The van der Waals surface area contributed by atoms with Gasteiger partial charge in [0, 0.05) is 24.0 Å². The number of hydrogen-bond acceptors (Lipinski definition) is 4. The average Bonchev–Trinajstić information content (AvgIpc) is 2.92. The first kappa shape index (κ1) is 14.4. The Morgan fingerprint density at radius 3 is 2.82 bits per heavy atom. The van der Waals surface area contributed by atoms with Crippen molar-refractivity contribution in [3.63, 3.8) is 0 Å². The SMILES string of the molecule is COc1cc(Cl)c(N)cc1-c1nc(C)c(-c2cccnc2)[nH]1. The molecule has 6 heteroatoms. The number of ether oxygens (including phenoxy) is 1. The van der Waals surface area contributed by atoms with Gasteiger partial charge >= 0.3 is 0 Å². The smallest absolute Gasteiger partial charge is 0.141 e. The van der Waals surface area contributed by atoms with Crippen molar-refractivity contribution in [2.24, 2.45) is 0 Å². The minimum atomic E-state index is 0.455. The van der Waals surface area contributed by atoms with Crippen LogP contribution in [0.25, 0.3) is 22.6 Å². The molecule has 22 heavy (non-hydrogen) atoms. The number of benzene rings is 1. The molecule has 0 unspecified atom stereocenters. The lowest BCUT2D eigenvalue weighted by atomic mass is 10.1. The molecule has 0 bridgehead atoms. The Balaban J connectivity index is 2.13. The van der Waals surface area contributed by atoms with Crippen LogP contribution in [-0.2, 0) is 0 Å². The van der Waals surface area contributed by atoms with E-state index in [0.717, 1.165) is 22.5 Å². The number of nitrogens with two attached hydrogens (primary N) is 1. The Labute approximate surface area is 133 Å². The van der Waals surface area contributed by atoms with Gasteiger partial charge in [-0.25, -0.2) is 4.98 Å². The van der Waals surface area contributed by atoms with Crippen LogP contribution >= 0.6 is 11.6 Å². The largest absolute Gasteiger partial charge is 0.496 e. The van der Waals surface area contributed by atoms with Gasteiger partial charge in [-0.05, 0) is 25.1 Å². The number of aromatic nitrogens is 3. The Kier molecular flexibility index (Phi) is 3.73. The molecule has 0 saturated carbocycles. The predicted molar refractivity (Wildman–Crippen MR) is 88.0 cm³/mol. The van der Waals surface area contributed by atoms with Crippen molar-refractivity contribution < 1.29 is 4.74 Å². The van der Waals surface area contributed by atoms with E-state index in [0.29, 0.717) is 22.3 Å². The molecule has 0 spiro atoms. The molecule has 0 amide bonds. The maximum Gasteiger partial charge on any atom is 0.141 e. The first-order chi connectivity index (χ1) is 10.6. The molecule has 0 aliphatic carbocycles. The van der Waals surface area contributed by atoms with Crippen molar-refractivity contribution in [2.75, 3.05) is 12.8 Å². The standard InChI is InChI=1S/C16H15ClN4O/c1-9-15(10-4-3-5-19-8-10)21-16(20-9)11-6-13(18)12(17)7-14(11)22-2/h3-8H,18H2,1-2H3,(H,20,21). The molecule has 2 heterocycles. The van der Waals surface area contributed by atoms with Gasteiger partial charge in [0.25, 0.3) is 0 Å². The van der Waals surface area contributed by atoms with Crippen LogP contribution in [-0.4, -0.2) is 22.1 Å². The van der Waals surface area contributed by atoms with Crippen molar-refractivity contribution in [3.8, 4) is 28.4 Å². The molecule has 0 radical (unpaired) electrons. The van der Waals surface area contributed by atoms with Gasteiger partial charge in [-0.15, -0.1) is 0 Å². The fourth-order valence-electron chi connectivity index (χ4n) is 2.31. The monoisotopic (exact) mass is 314 g/mol. The first-order valence-electron chi connectivity index (χ1n) is 6.70. The number of rotatable bonds is 3. The third-order valence-corrected chi connectivity index (χ3v) is 3.74. The number of aromatic amines is 1. The summed E-state index contributed by atoms with van der Waals surface area (Å²) >= 11 is 6.04. The zero-order chi connectivity index (χ0) is 15.7. The van der Waals surface area contributed by atoms with Gasteiger partial charge in [0.2, 0.25) is 0 Å². The molecule has 1 aromatic carbocycles. The fourth-order valence-corrected chi connectivity index (χ4v) is 2.46. The number of nitrogens with zero attached hydrogens (tertiary/aromatic N) is 2. The van der Waals surface area contributed by atoms with Gasteiger partial charge in [0.05, 0.1) is 34.8 Å². The second-order valence-corrected chi connectivity index (χ2v) is 5.27. The summed E-state index contributed by atoms with van der Waals surface area (Å²) in [5.41, 5.74) is 9.91. The van der Waals surface area contributed by atoms with Gasteiger partial charge in [0.15, 0.2) is 0 Å². The number of nitrogens with one attached hydrogen (secondary N) is 1. The molecule has 112 valence electrons. The minimum Gasteiger partial charge on any atom is -0.496 e. The molecule has 3 aromatic rings.